The molecule has 0 unspecified atom stereocenters. The van der Waals surface area contributed by atoms with Crippen LogP contribution in [-0.4, -0.2) is 25.7 Å². The van der Waals surface area contributed by atoms with Crippen LogP contribution in [0.4, 0.5) is 0 Å². The summed E-state index contributed by atoms with van der Waals surface area (Å²) in [4.78, 5) is -0.0597. The molecule has 94 valence electrons. The third-order valence-corrected chi connectivity index (χ3v) is 3.58. The molecule has 1 fully saturated rings. The molecule has 0 atom stereocenters. The van der Waals surface area contributed by atoms with E-state index in [0.717, 1.165) is 25.0 Å². The maximum atomic E-state index is 10.8. The van der Waals surface area contributed by atoms with Crippen molar-refractivity contribution >= 4 is 10.1 Å². The van der Waals surface area contributed by atoms with Gasteiger partial charge in [0.05, 0.1) is 11.0 Å². The van der Waals surface area contributed by atoms with Gasteiger partial charge in [0.1, 0.15) is 0 Å². The maximum Gasteiger partial charge on any atom is 0.294 e. The Bertz CT molecular complexity index is 460. The SMILES string of the molecule is O=S(=O)(O)c1ccc(CCCOC2CC2)cc1. The molecule has 1 aromatic rings. The molecule has 0 heterocycles. The van der Waals surface area contributed by atoms with E-state index in [1.807, 2.05) is 0 Å². The van der Waals surface area contributed by atoms with Gasteiger partial charge in [-0.25, -0.2) is 0 Å². The summed E-state index contributed by atoms with van der Waals surface area (Å²) < 4.78 is 36.0. The summed E-state index contributed by atoms with van der Waals surface area (Å²) in [5.41, 5.74) is 1.05. The molecule has 5 heteroatoms. The lowest BCUT2D eigenvalue weighted by molar-refractivity contribution is 0.117. The van der Waals surface area contributed by atoms with Crippen molar-refractivity contribution in [3.05, 3.63) is 29.8 Å². The summed E-state index contributed by atoms with van der Waals surface area (Å²) in [6.45, 7) is 0.755. The van der Waals surface area contributed by atoms with Crippen LogP contribution in [0.5, 0.6) is 0 Å². The zero-order valence-corrected chi connectivity index (χ0v) is 10.3. The quantitative estimate of drug-likeness (QED) is 0.625. The molecule has 1 saturated carbocycles. The van der Waals surface area contributed by atoms with E-state index in [4.69, 9.17) is 9.29 Å². The molecule has 0 amide bonds. The molecule has 0 radical (unpaired) electrons. The van der Waals surface area contributed by atoms with Crippen LogP contribution in [0.2, 0.25) is 0 Å². The molecule has 0 aliphatic heterocycles. The lowest BCUT2D eigenvalue weighted by Crippen LogP contribution is -2.00. The van der Waals surface area contributed by atoms with Gasteiger partial charge in [-0.3, -0.25) is 4.55 Å². The van der Waals surface area contributed by atoms with Gasteiger partial charge in [-0.05, 0) is 43.4 Å². The minimum absolute atomic E-state index is 0.0597. The number of rotatable bonds is 6. The van der Waals surface area contributed by atoms with Gasteiger partial charge in [-0.1, -0.05) is 12.1 Å². The zero-order chi connectivity index (χ0) is 12.3. The number of ether oxygens (including phenoxy) is 1. The van der Waals surface area contributed by atoms with Crippen LogP contribution in [0.15, 0.2) is 29.2 Å². The Hall–Kier alpha value is -0.910. The summed E-state index contributed by atoms with van der Waals surface area (Å²) in [5.74, 6) is 0. The molecule has 17 heavy (non-hydrogen) atoms. The Morgan fingerprint density at radius 1 is 1.24 bits per heavy atom. The van der Waals surface area contributed by atoms with Gasteiger partial charge >= 0.3 is 0 Å². The summed E-state index contributed by atoms with van der Waals surface area (Å²) in [7, 11) is -4.07. The van der Waals surface area contributed by atoms with Gasteiger partial charge in [0.15, 0.2) is 0 Å². The minimum atomic E-state index is -4.07. The number of aryl methyl sites for hydroxylation is 1. The fourth-order valence-corrected chi connectivity index (χ4v) is 2.07. The topological polar surface area (TPSA) is 63.6 Å². The molecule has 2 rings (SSSR count). The Morgan fingerprint density at radius 3 is 2.41 bits per heavy atom. The van der Waals surface area contributed by atoms with Gasteiger partial charge in [0.2, 0.25) is 0 Å². The fourth-order valence-electron chi connectivity index (χ4n) is 1.59. The van der Waals surface area contributed by atoms with E-state index in [-0.39, 0.29) is 4.90 Å². The highest BCUT2D eigenvalue weighted by molar-refractivity contribution is 7.85. The molecule has 0 spiro atoms. The van der Waals surface area contributed by atoms with Crippen molar-refractivity contribution in [1.29, 1.82) is 0 Å². The molecule has 0 saturated heterocycles. The highest BCUT2D eigenvalue weighted by Gasteiger charge is 2.21. The molecular weight excluding hydrogens is 240 g/mol. The normalized spacial score (nSPS) is 16.1. The van der Waals surface area contributed by atoms with Crippen molar-refractivity contribution in [3.63, 3.8) is 0 Å². The second-order valence-electron chi connectivity index (χ2n) is 4.29. The van der Waals surface area contributed by atoms with E-state index < -0.39 is 10.1 Å². The minimum Gasteiger partial charge on any atom is -0.378 e. The van der Waals surface area contributed by atoms with Crippen molar-refractivity contribution in [2.45, 2.75) is 36.7 Å². The predicted molar refractivity (Wildman–Crippen MR) is 63.6 cm³/mol. The molecule has 0 aromatic heterocycles. The Labute approximate surface area is 101 Å². The summed E-state index contributed by atoms with van der Waals surface area (Å²) in [6, 6.07) is 6.29. The molecule has 1 aromatic carbocycles. The molecule has 0 bridgehead atoms. The van der Waals surface area contributed by atoms with E-state index in [1.165, 1.54) is 25.0 Å². The largest absolute Gasteiger partial charge is 0.378 e. The van der Waals surface area contributed by atoms with Crippen molar-refractivity contribution in [1.82, 2.24) is 0 Å². The van der Waals surface area contributed by atoms with Gasteiger partial charge in [0, 0.05) is 6.61 Å². The van der Waals surface area contributed by atoms with E-state index in [0.29, 0.717) is 6.10 Å². The first-order chi connectivity index (χ1) is 8.05. The first-order valence-electron chi connectivity index (χ1n) is 5.74. The summed E-state index contributed by atoms with van der Waals surface area (Å²) >= 11 is 0. The van der Waals surface area contributed by atoms with Crippen molar-refractivity contribution in [2.24, 2.45) is 0 Å². The van der Waals surface area contributed by atoms with Crippen LogP contribution in [0, 0.1) is 0 Å². The van der Waals surface area contributed by atoms with Crippen molar-refractivity contribution in [3.8, 4) is 0 Å². The number of benzene rings is 1. The highest BCUT2D eigenvalue weighted by atomic mass is 32.2. The van der Waals surface area contributed by atoms with Gasteiger partial charge in [0.25, 0.3) is 10.1 Å². The lowest BCUT2D eigenvalue weighted by Gasteiger charge is -2.03. The van der Waals surface area contributed by atoms with Crippen LogP contribution >= 0.6 is 0 Å². The molecule has 1 N–H and O–H groups in total. The van der Waals surface area contributed by atoms with Crippen LogP contribution in [0.1, 0.15) is 24.8 Å². The number of hydrogen-bond acceptors (Lipinski definition) is 3. The van der Waals surface area contributed by atoms with Gasteiger partial charge in [-0.15, -0.1) is 0 Å². The average molecular weight is 256 g/mol. The molecule has 1 aliphatic carbocycles. The maximum absolute atomic E-state index is 10.8. The van der Waals surface area contributed by atoms with Crippen LogP contribution in [0.3, 0.4) is 0 Å². The van der Waals surface area contributed by atoms with Gasteiger partial charge < -0.3 is 4.74 Å². The molecule has 1 aliphatic rings. The Kier molecular flexibility index (Phi) is 3.81. The first kappa shape index (κ1) is 12.5. The monoisotopic (exact) mass is 256 g/mol. The van der Waals surface area contributed by atoms with Crippen LogP contribution in [-0.2, 0) is 21.3 Å². The van der Waals surface area contributed by atoms with E-state index in [1.54, 1.807) is 12.1 Å². The average Bonchev–Trinajstić information content (AvgIpc) is 3.08. The highest BCUT2D eigenvalue weighted by Crippen LogP contribution is 2.23. The van der Waals surface area contributed by atoms with E-state index in [9.17, 15) is 8.42 Å². The first-order valence-corrected chi connectivity index (χ1v) is 7.18. The van der Waals surface area contributed by atoms with Crippen molar-refractivity contribution < 1.29 is 17.7 Å². The third-order valence-electron chi connectivity index (χ3n) is 2.71. The Balaban J connectivity index is 1.80. The van der Waals surface area contributed by atoms with Crippen LogP contribution < -0.4 is 0 Å². The standard InChI is InChI=1S/C12H16O4S/c13-17(14,15)12-7-3-10(4-8-12)2-1-9-16-11-5-6-11/h3-4,7-8,11H,1-2,5-6,9H2,(H,13,14,15). The lowest BCUT2D eigenvalue weighted by atomic mass is 10.1. The number of hydrogen-bond donors (Lipinski definition) is 1. The second-order valence-corrected chi connectivity index (χ2v) is 5.71. The molecule has 4 nitrogen and oxygen atoms in total. The summed E-state index contributed by atoms with van der Waals surface area (Å²) in [6.07, 6.45) is 4.64. The van der Waals surface area contributed by atoms with Crippen LogP contribution in [0.25, 0.3) is 0 Å². The van der Waals surface area contributed by atoms with E-state index in [2.05, 4.69) is 0 Å². The van der Waals surface area contributed by atoms with Crippen molar-refractivity contribution in [2.75, 3.05) is 6.61 Å². The predicted octanol–water partition coefficient (Wildman–Crippen LogP) is 2.04. The zero-order valence-electron chi connectivity index (χ0n) is 9.50. The third kappa shape index (κ3) is 4.11. The Morgan fingerprint density at radius 2 is 1.88 bits per heavy atom. The van der Waals surface area contributed by atoms with Gasteiger partial charge in [-0.2, -0.15) is 8.42 Å². The van der Waals surface area contributed by atoms with E-state index >= 15 is 0 Å². The smallest absolute Gasteiger partial charge is 0.294 e. The summed E-state index contributed by atoms with van der Waals surface area (Å²) in [5, 5.41) is 0. The fraction of sp³-hybridized carbons (Fsp3) is 0.500. The molecular formula is C12H16O4S. The second kappa shape index (κ2) is 5.16.